The predicted octanol–water partition coefficient (Wildman–Crippen LogP) is 2.76. The zero-order valence-corrected chi connectivity index (χ0v) is 12.0. The molecule has 1 saturated heterocycles. The number of likely N-dealkylation sites (tertiary alicyclic amines) is 1. The molecule has 2 N–H and O–H groups in total. The number of nitrogens with zero attached hydrogens (tertiary/aromatic N) is 1. The van der Waals surface area contributed by atoms with E-state index in [2.05, 4.69) is 5.32 Å². The lowest BCUT2D eigenvalue weighted by Crippen LogP contribution is -2.55. The SMILES string of the molecule is CCC1(C(=O)O)CCCN1C(=O)NCCCCC(F)(F)F. The van der Waals surface area contributed by atoms with E-state index >= 15 is 0 Å². The maximum atomic E-state index is 12.0. The summed E-state index contributed by atoms with van der Waals surface area (Å²) in [5.74, 6) is -1.03. The maximum Gasteiger partial charge on any atom is 0.389 e. The van der Waals surface area contributed by atoms with Crippen LogP contribution in [0.25, 0.3) is 0 Å². The second kappa shape index (κ2) is 7.00. The second-order valence-corrected chi connectivity index (χ2v) is 5.25. The lowest BCUT2D eigenvalue weighted by atomic mass is 9.93. The lowest BCUT2D eigenvalue weighted by molar-refractivity contribution is -0.148. The van der Waals surface area contributed by atoms with E-state index in [1.54, 1.807) is 6.92 Å². The van der Waals surface area contributed by atoms with Crippen LogP contribution in [-0.2, 0) is 4.79 Å². The highest BCUT2D eigenvalue weighted by atomic mass is 19.4. The molecule has 5 nitrogen and oxygen atoms in total. The fourth-order valence-corrected chi connectivity index (χ4v) is 2.66. The van der Waals surface area contributed by atoms with Crippen molar-refractivity contribution in [2.75, 3.05) is 13.1 Å². The van der Waals surface area contributed by atoms with Gasteiger partial charge in [-0.2, -0.15) is 13.2 Å². The first-order valence-corrected chi connectivity index (χ1v) is 7.08. The number of unbranched alkanes of at least 4 members (excludes halogenated alkanes) is 1. The second-order valence-electron chi connectivity index (χ2n) is 5.25. The molecule has 0 spiro atoms. The average molecular weight is 310 g/mol. The average Bonchev–Trinajstić information content (AvgIpc) is 2.81. The minimum absolute atomic E-state index is 0.0539. The molecular formula is C13H21F3N2O3. The number of hydrogen-bond acceptors (Lipinski definition) is 2. The number of rotatable bonds is 6. The van der Waals surface area contributed by atoms with E-state index in [1.165, 1.54) is 4.90 Å². The van der Waals surface area contributed by atoms with Gasteiger partial charge in [0.2, 0.25) is 0 Å². The third-order valence-electron chi connectivity index (χ3n) is 3.88. The van der Waals surface area contributed by atoms with Crippen LogP contribution in [0.2, 0.25) is 0 Å². The quantitative estimate of drug-likeness (QED) is 0.741. The van der Waals surface area contributed by atoms with Crippen LogP contribution in [0.3, 0.4) is 0 Å². The number of urea groups is 1. The van der Waals surface area contributed by atoms with Gasteiger partial charge in [0.25, 0.3) is 0 Å². The number of alkyl halides is 3. The third kappa shape index (κ3) is 4.50. The number of carbonyl (C=O) groups is 2. The molecule has 1 unspecified atom stereocenters. The van der Waals surface area contributed by atoms with E-state index in [1.807, 2.05) is 0 Å². The van der Waals surface area contributed by atoms with Gasteiger partial charge < -0.3 is 15.3 Å². The van der Waals surface area contributed by atoms with E-state index in [0.717, 1.165) is 0 Å². The number of nitrogens with one attached hydrogen (secondary N) is 1. The van der Waals surface area contributed by atoms with Gasteiger partial charge in [-0.3, -0.25) is 0 Å². The highest BCUT2D eigenvalue weighted by Crippen LogP contribution is 2.32. The molecule has 2 amide bonds. The first-order chi connectivity index (χ1) is 9.73. The van der Waals surface area contributed by atoms with Gasteiger partial charge in [0, 0.05) is 19.5 Å². The van der Waals surface area contributed by atoms with Crippen LogP contribution >= 0.6 is 0 Å². The number of carboxylic acids is 1. The van der Waals surface area contributed by atoms with E-state index < -0.39 is 30.1 Å². The van der Waals surface area contributed by atoms with E-state index in [0.29, 0.717) is 25.8 Å². The van der Waals surface area contributed by atoms with Gasteiger partial charge in [-0.15, -0.1) is 0 Å². The van der Waals surface area contributed by atoms with Crippen LogP contribution in [0.1, 0.15) is 45.4 Å². The summed E-state index contributed by atoms with van der Waals surface area (Å²) in [4.78, 5) is 24.7. The largest absolute Gasteiger partial charge is 0.479 e. The normalized spacial score (nSPS) is 22.4. The lowest BCUT2D eigenvalue weighted by Gasteiger charge is -2.33. The highest BCUT2D eigenvalue weighted by Gasteiger charge is 2.48. The van der Waals surface area contributed by atoms with Crippen molar-refractivity contribution < 1.29 is 27.9 Å². The van der Waals surface area contributed by atoms with Gasteiger partial charge in [-0.1, -0.05) is 6.92 Å². The Hall–Kier alpha value is -1.47. The number of carboxylic acid groups (broad SMARTS) is 1. The summed E-state index contributed by atoms with van der Waals surface area (Å²) in [6.45, 7) is 2.18. The molecule has 0 aliphatic carbocycles. The van der Waals surface area contributed by atoms with Crippen molar-refractivity contribution in [2.45, 2.75) is 57.2 Å². The molecule has 1 heterocycles. The molecule has 0 aromatic rings. The van der Waals surface area contributed by atoms with Crippen molar-refractivity contribution >= 4 is 12.0 Å². The smallest absolute Gasteiger partial charge is 0.389 e. The maximum absolute atomic E-state index is 12.0. The summed E-state index contributed by atoms with van der Waals surface area (Å²) in [6, 6.07) is -0.510. The van der Waals surface area contributed by atoms with Gasteiger partial charge in [-0.25, -0.2) is 9.59 Å². The topological polar surface area (TPSA) is 69.6 Å². The van der Waals surface area contributed by atoms with Crippen LogP contribution in [0, 0.1) is 0 Å². The van der Waals surface area contributed by atoms with Gasteiger partial charge >= 0.3 is 18.2 Å². The summed E-state index contributed by atoms with van der Waals surface area (Å²) >= 11 is 0. The Morgan fingerprint density at radius 3 is 2.52 bits per heavy atom. The van der Waals surface area contributed by atoms with Crippen molar-refractivity contribution in [1.82, 2.24) is 10.2 Å². The fraction of sp³-hybridized carbons (Fsp3) is 0.846. The first-order valence-electron chi connectivity index (χ1n) is 7.08. The number of hydrogen-bond donors (Lipinski definition) is 2. The summed E-state index contributed by atoms with van der Waals surface area (Å²) in [6.07, 6.45) is -3.57. The van der Waals surface area contributed by atoms with Crippen molar-refractivity contribution in [1.29, 1.82) is 0 Å². The molecule has 8 heteroatoms. The molecule has 0 radical (unpaired) electrons. The van der Waals surface area contributed by atoms with Crippen LogP contribution < -0.4 is 5.32 Å². The number of halogens is 3. The Balaban J connectivity index is 2.43. The van der Waals surface area contributed by atoms with E-state index in [-0.39, 0.29) is 19.4 Å². The zero-order valence-electron chi connectivity index (χ0n) is 12.0. The van der Waals surface area contributed by atoms with Gasteiger partial charge in [-0.05, 0) is 32.1 Å². The molecule has 1 fully saturated rings. The van der Waals surface area contributed by atoms with Crippen LogP contribution in [0.15, 0.2) is 0 Å². The Morgan fingerprint density at radius 1 is 1.33 bits per heavy atom. The summed E-state index contributed by atoms with van der Waals surface area (Å²) < 4.78 is 35.9. The standard InChI is InChI=1S/C13H21F3N2O3/c1-2-12(10(19)20)6-5-9-18(12)11(21)17-8-4-3-7-13(14,15)16/h2-9H2,1H3,(H,17,21)(H,19,20). The van der Waals surface area contributed by atoms with Crippen molar-refractivity contribution in [3.8, 4) is 0 Å². The number of carbonyl (C=O) groups excluding carboxylic acids is 1. The summed E-state index contributed by atoms with van der Waals surface area (Å²) in [7, 11) is 0. The number of amides is 2. The van der Waals surface area contributed by atoms with Gasteiger partial charge in [0.15, 0.2) is 0 Å². The number of aliphatic carboxylic acids is 1. The van der Waals surface area contributed by atoms with Crippen molar-refractivity contribution in [2.24, 2.45) is 0 Å². The third-order valence-corrected chi connectivity index (χ3v) is 3.88. The molecule has 0 bridgehead atoms. The predicted molar refractivity (Wildman–Crippen MR) is 69.9 cm³/mol. The molecule has 1 aliphatic rings. The van der Waals surface area contributed by atoms with Crippen molar-refractivity contribution in [3.05, 3.63) is 0 Å². The molecule has 1 rings (SSSR count). The molecule has 21 heavy (non-hydrogen) atoms. The highest BCUT2D eigenvalue weighted by molar-refractivity contribution is 5.87. The fourth-order valence-electron chi connectivity index (χ4n) is 2.66. The minimum Gasteiger partial charge on any atom is -0.479 e. The van der Waals surface area contributed by atoms with Crippen LogP contribution in [0.4, 0.5) is 18.0 Å². The van der Waals surface area contributed by atoms with Crippen LogP contribution in [0.5, 0.6) is 0 Å². The summed E-state index contributed by atoms with van der Waals surface area (Å²) in [5.41, 5.74) is -1.18. The zero-order chi connectivity index (χ0) is 16.1. The molecule has 1 aliphatic heterocycles. The van der Waals surface area contributed by atoms with Crippen LogP contribution in [-0.4, -0.2) is 46.8 Å². The van der Waals surface area contributed by atoms with Crippen molar-refractivity contribution in [3.63, 3.8) is 0 Å². The molecule has 0 aromatic carbocycles. The monoisotopic (exact) mass is 310 g/mol. The van der Waals surface area contributed by atoms with E-state index in [4.69, 9.17) is 0 Å². The Labute approximate surface area is 121 Å². The Bertz CT molecular complexity index is 387. The molecule has 0 aromatic heterocycles. The Morgan fingerprint density at radius 2 is 2.00 bits per heavy atom. The molecule has 122 valence electrons. The molecule has 0 saturated carbocycles. The molecule has 1 atom stereocenters. The molecular weight excluding hydrogens is 289 g/mol. The first kappa shape index (κ1) is 17.6. The Kier molecular flexibility index (Phi) is 5.86. The minimum atomic E-state index is -4.18. The van der Waals surface area contributed by atoms with Gasteiger partial charge in [0.05, 0.1) is 0 Å². The van der Waals surface area contributed by atoms with Gasteiger partial charge in [0.1, 0.15) is 5.54 Å². The summed E-state index contributed by atoms with van der Waals surface area (Å²) in [5, 5.41) is 11.8. The van der Waals surface area contributed by atoms with E-state index in [9.17, 15) is 27.9 Å².